The van der Waals surface area contributed by atoms with Gasteiger partial charge in [0.1, 0.15) is 0 Å². The molecule has 0 aromatic carbocycles. The SMILES string of the molecule is C=CCNCC(=O)NC1CC(O)C1. The van der Waals surface area contributed by atoms with E-state index in [4.69, 9.17) is 5.11 Å². The van der Waals surface area contributed by atoms with Crippen LogP contribution in [0, 0.1) is 0 Å². The van der Waals surface area contributed by atoms with Gasteiger partial charge in [-0.2, -0.15) is 0 Å². The Bertz CT molecular complexity index is 188. The fourth-order valence-electron chi connectivity index (χ4n) is 1.27. The fraction of sp³-hybridized carbons (Fsp3) is 0.667. The molecule has 1 aliphatic carbocycles. The third kappa shape index (κ3) is 3.57. The van der Waals surface area contributed by atoms with Gasteiger partial charge in [-0.1, -0.05) is 6.08 Å². The van der Waals surface area contributed by atoms with Crippen LogP contribution in [-0.2, 0) is 4.79 Å². The van der Waals surface area contributed by atoms with Crippen LogP contribution in [-0.4, -0.2) is 36.2 Å². The maximum absolute atomic E-state index is 11.1. The van der Waals surface area contributed by atoms with E-state index in [-0.39, 0.29) is 18.1 Å². The Hall–Kier alpha value is -0.870. The van der Waals surface area contributed by atoms with Crippen molar-refractivity contribution < 1.29 is 9.90 Å². The molecule has 4 heteroatoms. The first-order valence-electron chi connectivity index (χ1n) is 4.51. The highest BCUT2D eigenvalue weighted by atomic mass is 16.3. The molecule has 0 saturated heterocycles. The molecule has 13 heavy (non-hydrogen) atoms. The average molecular weight is 184 g/mol. The molecular formula is C9H16N2O2. The summed E-state index contributed by atoms with van der Waals surface area (Å²) in [7, 11) is 0. The summed E-state index contributed by atoms with van der Waals surface area (Å²) in [6, 6.07) is 0.174. The van der Waals surface area contributed by atoms with Gasteiger partial charge in [0.05, 0.1) is 12.6 Å². The second kappa shape index (κ2) is 4.99. The van der Waals surface area contributed by atoms with Gasteiger partial charge in [-0.05, 0) is 12.8 Å². The first-order chi connectivity index (χ1) is 6.22. The Balaban J connectivity index is 2.01. The Kier molecular flexibility index (Phi) is 3.92. The van der Waals surface area contributed by atoms with Crippen LogP contribution in [0.25, 0.3) is 0 Å². The molecule has 1 aliphatic rings. The maximum Gasteiger partial charge on any atom is 0.234 e. The minimum absolute atomic E-state index is 0.0150. The zero-order valence-corrected chi connectivity index (χ0v) is 7.62. The maximum atomic E-state index is 11.1. The number of aliphatic hydroxyl groups is 1. The fourth-order valence-corrected chi connectivity index (χ4v) is 1.27. The number of hydrogen-bond donors (Lipinski definition) is 3. The highest BCUT2D eigenvalue weighted by Gasteiger charge is 2.27. The van der Waals surface area contributed by atoms with E-state index in [1.165, 1.54) is 0 Å². The third-order valence-corrected chi connectivity index (χ3v) is 2.05. The van der Waals surface area contributed by atoms with Gasteiger partial charge in [0.2, 0.25) is 5.91 Å². The molecule has 0 radical (unpaired) electrons. The van der Waals surface area contributed by atoms with Crippen molar-refractivity contribution in [2.75, 3.05) is 13.1 Å². The summed E-state index contributed by atoms with van der Waals surface area (Å²) in [4.78, 5) is 11.1. The Morgan fingerprint density at radius 2 is 2.31 bits per heavy atom. The number of carbonyl (C=O) groups excluding carboxylic acids is 1. The van der Waals surface area contributed by atoms with Crippen LogP contribution in [0.3, 0.4) is 0 Å². The number of amides is 1. The molecule has 0 aromatic rings. The molecule has 1 amide bonds. The molecule has 4 nitrogen and oxygen atoms in total. The number of hydrogen-bond acceptors (Lipinski definition) is 3. The minimum Gasteiger partial charge on any atom is -0.393 e. The monoisotopic (exact) mass is 184 g/mol. The molecule has 1 rings (SSSR count). The van der Waals surface area contributed by atoms with Crippen molar-refractivity contribution >= 4 is 5.91 Å². The van der Waals surface area contributed by atoms with Gasteiger partial charge >= 0.3 is 0 Å². The van der Waals surface area contributed by atoms with Crippen molar-refractivity contribution in [3.05, 3.63) is 12.7 Å². The Labute approximate surface area is 78.0 Å². The summed E-state index contributed by atoms with van der Waals surface area (Å²) in [5.41, 5.74) is 0. The van der Waals surface area contributed by atoms with Crippen LogP contribution < -0.4 is 10.6 Å². The van der Waals surface area contributed by atoms with Crippen LogP contribution in [0.4, 0.5) is 0 Å². The van der Waals surface area contributed by atoms with E-state index >= 15 is 0 Å². The van der Waals surface area contributed by atoms with Crippen molar-refractivity contribution in [1.29, 1.82) is 0 Å². The number of aliphatic hydroxyl groups excluding tert-OH is 1. The lowest BCUT2D eigenvalue weighted by Crippen LogP contribution is -2.49. The smallest absolute Gasteiger partial charge is 0.234 e. The molecule has 0 aromatic heterocycles. The lowest BCUT2D eigenvalue weighted by atomic mass is 9.89. The molecule has 3 N–H and O–H groups in total. The third-order valence-electron chi connectivity index (χ3n) is 2.05. The highest BCUT2D eigenvalue weighted by molar-refractivity contribution is 5.78. The van der Waals surface area contributed by atoms with Crippen molar-refractivity contribution in [2.45, 2.75) is 25.0 Å². The van der Waals surface area contributed by atoms with Crippen LogP contribution >= 0.6 is 0 Å². The molecular weight excluding hydrogens is 168 g/mol. The Morgan fingerprint density at radius 1 is 1.62 bits per heavy atom. The number of nitrogens with one attached hydrogen (secondary N) is 2. The van der Waals surface area contributed by atoms with E-state index in [0.717, 1.165) is 0 Å². The first kappa shape index (κ1) is 10.2. The standard InChI is InChI=1S/C9H16N2O2/c1-2-3-10-6-9(13)11-7-4-8(12)5-7/h2,7-8,10,12H,1,3-6H2,(H,11,13). The molecule has 0 unspecified atom stereocenters. The summed E-state index contributed by atoms with van der Waals surface area (Å²) in [5, 5.41) is 14.7. The molecule has 0 aliphatic heterocycles. The van der Waals surface area contributed by atoms with E-state index in [9.17, 15) is 4.79 Å². The van der Waals surface area contributed by atoms with Crippen LogP contribution in [0.5, 0.6) is 0 Å². The highest BCUT2D eigenvalue weighted by Crippen LogP contribution is 2.18. The normalized spacial score (nSPS) is 26.2. The van der Waals surface area contributed by atoms with Crippen LogP contribution in [0.1, 0.15) is 12.8 Å². The second-order valence-corrected chi connectivity index (χ2v) is 3.31. The van der Waals surface area contributed by atoms with Gasteiger partial charge in [0, 0.05) is 12.6 Å². The lowest BCUT2D eigenvalue weighted by Gasteiger charge is -2.31. The molecule has 0 heterocycles. The largest absolute Gasteiger partial charge is 0.393 e. The number of carbonyl (C=O) groups is 1. The van der Waals surface area contributed by atoms with Crippen LogP contribution in [0.2, 0.25) is 0 Å². The predicted molar refractivity (Wildman–Crippen MR) is 50.2 cm³/mol. The van der Waals surface area contributed by atoms with Crippen molar-refractivity contribution in [1.82, 2.24) is 10.6 Å². The van der Waals surface area contributed by atoms with Gasteiger partial charge < -0.3 is 15.7 Å². The lowest BCUT2D eigenvalue weighted by molar-refractivity contribution is -0.122. The van der Waals surface area contributed by atoms with Gasteiger partial charge in [0.15, 0.2) is 0 Å². The van der Waals surface area contributed by atoms with Crippen molar-refractivity contribution in [3.63, 3.8) is 0 Å². The molecule has 0 bridgehead atoms. The van der Waals surface area contributed by atoms with Crippen LogP contribution in [0.15, 0.2) is 12.7 Å². The average Bonchev–Trinajstić information content (AvgIpc) is 2.02. The summed E-state index contributed by atoms with van der Waals surface area (Å²) < 4.78 is 0. The first-order valence-corrected chi connectivity index (χ1v) is 4.51. The van der Waals surface area contributed by atoms with Gasteiger partial charge in [-0.3, -0.25) is 4.79 Å². The molecule has 0 spiro atoms. The quantitative estimate of drug-likeness (QED) is 0.395. The van der Waals surface area contributed by atoms with E-state index in [0.29, 0.717) is 25.9 Å². The predicted octanol–water partition coefficient (Wildman–Crippen LogP) is -0.598. The van der Waals surface area contributed by atoms with E-state index in [1.54, 1.807) is 6.08 Å². The minimum atomic E-state index is -0.216. The summed E-state index contributed by atoms with van der Waals surface area (Å²) >= 11 is 0. The summed E-state index contributed by atoms with van der Waals surface area (Å²) in [6.07, 6.45) is 2.87. The van der Waals surface area contributed by atoms with Gasteiger partial charge in [0.25, 0.3) is 0 Å². The summed E-state index contributed by atoms with van der Waals surface area (Å²) in [6.45, 7) is 4.49. The molecule has 1 fully saturated rings. The zero-order valence-electron chi connectivity index (χ0n) is 7.62. The van der Waals surface area contributed by atoms with Gasteiger partial charge in [-0.25, -0.2) is 0 Å². The topological polar surface area (TPSA) is 61.4 Å². The zero-order chi connectivity index (χ0) is 9.68. The second-order valence-electron chi connectivity index (χ2n) is 3.31. The van der Waals surface area contributed by atoms with E-state index < -0.39 is 0 Å². The van der Waals surface area contributed by atoms with Gasteiger partial charge in [-0.15, -0.1) is 6.58 Å². The van der Waals surface area contributed by atoms with E-state index in [1.807, 2.05) is 0 Å². The number of rotatable bonds is 5. The molecule has 0 atom stereocenters. The van der Waals surface area contributed by atoms with E-state index in [2.05, 4.69) is 17.2 Å². The molecule has 1 saturated carbocycles. The van der Waals surface area contributed by atoms with Crippen molar-refractivity contribution in [2.24, 2.45) is 0 Å². The van der Waals surface area contributed by atoms with Crippen molar-refractivity contribution in [3.8, 4) is 0 Å². The summed E-state index contributed by atoms with van der Waals surface area (Å²) in [5.74, 6) is -0.0150. The Morgan fingerprint density at radius 3 is 2.85 bits per heavy atom. The molecule has 74 valence electrons.